The summed E-state index contributed by atoms with van der Waals surface area (Å²) in [5.41, 5.74) is 3.30. The molecule has 0 radical (unpaired) electrons. The van der Waals surface area contributed by atoms with E-state index in [0.29, 0.717) is 0 Å². The molecular weight excluding hydrogens is 255 g/mol. The van der Waals surface area contributed by atoms with E-state index < -0.39 is 8.38 Å². The fourth-order valence-corrected chi connectivity index (χ4v) is 3.52. The van der Waals surface area contributed by atoms with E-state index in [2.05, 4.69) is 45.0 Å². The third-order valence-corrected chi connectivity index (χ3v) is 4.56. The second-order valence-corrected chi connectivity index (χ2v) is 7.02. The van der Waals surface area contributed by atoms with Crippen LogP contribution in [-0.2, 0) is 5.41 Å². The third kappa shape index (κ3) is 2.05. The van der Waals surface area contributed by atoms with Gasteiger partial charge < -0.3 is 9.42 Å². The Morgan fingerprint density at radius 2 is 1.63 bits per heavy atom. The summed E-state index contributed by atoms with van der Waals surface area (Å²) in [5.74, 6) is 0.835. The van der Waals surface area contributed by atoms with Gasteiger partial charge in [0.05, 0.1) is 5.30 Å². The molecule has 0 spiro atoms. The predicted octanol–water partition coefficient (Wildman–Crippen LogP) is 3.97. The maximum atomic E-state index is 10.2. The molecule has 1 N–H and O–H groups in total. The van der Waals surface area contributed by atoms with Crippen LogP contribution >= 0.6 is 8.38 Å². The molecule has 0 saturated carbocycles. The fourth-order valence-electron chi connectivity index (χ4n) is 2.44. The Bertz CT molecular complexity index is 629. The lowest BCUT2D eigenvalue weighted by molar-refractivity contribution is 0.478. The van der Waals surface area contributed by atoms with Crippen molar-refractivity contribution in [2.45, 2.75) is 26.2 Å². The molecular formula is C16H17O2P. The van der Waals surface area contributed by atoms with Crippen molar-refractivity contribution in [3.05, 3.63) is 48.0 Å². The summed E-state index contributed by atoms with van der Waals surface area (Å²) in [6.45, 7) is 6.48. The molecule has 3 rings (SSSR count). The zero-order valence-electron chi connectivity index (χ0n) is 11.3. The van der Waals surface area contributed by atoms with Crippen LogP contribution in [0.25, 0.3) is 11.1 Å². The number of para-hydroxylation sites is 1. The normalized spacial score (nSPS) is 17.4. The molecule has 3 heteroatoms. The van der Waals surface area contributed by atoms with E-state index in [1.54, 1.807) is 0 Å². The van der Waals surface area contributed by atoms with E-state index in [4.69, 9.17) is 4.52 Å². The number of fused-ring (bicyclic) bond motifs is 3. The molecule has 98 valence electrons. The van der Waals surface area contributed by atoms with Crippen molar-refractivity contribution in [3.8, 4) is 16.9 Å². The van der Waals surface area contributed by atoms with Crippen molar-refractivity contribution < 1.29 is 9.42 Å². The smallest absolute Gasteiger partial charge is 0.262 e. The lowest BCUT2D eigenvalue weighted by Crippen LogP contribution is -2.18. The van der Waals surface area contributed by atoms with Crippen LogP contribution < -0.4 is 9.83 Å². The first-order valence-corrected chi connectivity index (χ1v) is 7.59. The average Bonchev–Trinajstić information content (AvgIpc) is 2.37. The van der Waals surface area contributed by atoms with E-state index in [1.165, 1.54) is 0 Å². The fraction of sp³-hybridized carbons (Fsp3) is 0.250. The van der Waals surface area contributed by atoms with Gasteiger partial charge >= 0.3 is 0 Å². The van der Waals surface area contributed by atoms with Crippen LogP contribution in [0.15, 0.2) is 42.5 Å². The molecule has 0 bridgehead atoms. The summed E-state index contributed by atoms with van der Waals surface area (Å²) < 4.78 is 5.84. The molecule has 0 aromatic heterocycles. The first kappa shape index (κ1) is 12.7. The van der Waals surface area contributed by atoms with Crippen LogP contribution in [0, 0.1) is 0 Å². The summed E-state index contributed by atoms with van der Waals surface area (Å²) in [4.78, 5) is 10.2. The van der Waals surface area contributed by atoms with Crippen molar-refractivity contribution in [3.63, 3.8) is 0 Å². The number of hydrogen-bond donors (Lipinski definition) is 1. The van der Waals surface area contributed by atoms with Gasteiger partial charge in [0.15, 0.2) is 0 Å². The SMILES string of the molecule is CC(C)(C)c1cccc2c1OP(O)c1ccccc1-2. The summed E-state index contributed by atoms with van der Waals surface area (Å²) in [6.07, 6.45) is 0. The molecule has 2 nitrogen and oxygen atoms in total. The predicted molar refractivity (Wildman–Crippen MR) is 80.0 cm³/mol. The highest BCUT2D eigenvalue weighted by Gasteiger charge is 2.30. The Labute approximate surface area is 115 Å². The molecule has 0 saturated heterocycles. The summed E-state index contributed by atoms with van der Waals surface area (Å²) in [5, 5.41) is 0.899. The zero-order chi connectivity index (χ0) is 13.6. The monoisotopic (exact) mass is 272 g/mol. The van der Waals surface area contributed by atoms with Crippen LogP contribution in [0.3, 0.4) is 0 Å². The van der Waals surface area contributed by atoms with Gasteiger partial charge in [-0.25, -0.2) is 0 Å². The third-order valence-electron chi connectivity index (χ3n) is 3.40. The Morgan fingerprint density at radius 1 is 0.947 bits per heavy atom. The number of benzene rings is 2. The van der Waals surface area contributed by atoms with Crippen molar-refractivity contribution >= 4 is 13.7 Å². The van der Waals surface area contributed by atoms with Crippen molar-refractivity contribution in [1.29, 1.82) is 0 Å². The highest BCUT2D eigenvalue weighted by Crippen LogP contribution is 2.49. The lowest BCUT2D eigenvalue weighted by Gasteiger charge is -2.30. The van der Waals surface area contributed by atoms with Crippen molar-refractivity contribution in [1.82, 2.24) is 0 Å². The minimum atomic E-state index is -1.56. The van der Waals surface area contributed by atoms with Crippen molar-refractivity contribution in [2.75, 3.05) is 0 Å². The molecule has 19 heavy (non-hydrogen) atoms. The van der Waals surface area contributed by atoms with Crippen molar-refractivity contribution in [2.24, 2.45) is 0 Å². The summed E-state index contributed by atoms with van der Waals surface area (Å²) in [7, 11) is -1.56. The number of hydrogen-bond acceptors (Lipinski definition) is 2. The van der Waals surface area contributed by atoms with Gasteiger partial charge in [-0.3, -0.25) is 0 Å². The zero-order valence-corrected chi connectivity index (χ0v) is 12.2. The first-order chi connectivity index (χ1) is 8.98. The van der Waals surface area contributed by atoms with Gasteiger partial charge in [0.2, 0.25) is 0 Å². The number of rotatable bonds is 0. The average molecular weight is 272 g/mol. The molecule has 1 atom stereocenters. The van der Waals surface area contributed by atoms with Crippen LogP contribution in [0.5, 0.6) is 5.75 Å². The van der Waals surface area contributed by atoms with E-state index in [0.717, 1.165) is 27.7 Å². The van der Waals surface area contributed by atoms with E-state index in [1.807, 2.05) is 18.2 Å². The maximum absolute atomic E-state index is 10.2. The molecule has 1 heterocycles. The second-order valence-electron chi connectivity index (χ2n) is 5.81. The Morgan fingerprint density at radius 3 is 2.37 bits per heavy atom. The first-order valence-electron chi connectivity index (χ1n) is 6.38. The van der Waals surface area contributed by atoms with E-state index in [9.17, 15) is 4.89 Å². The molecule has 0 amide bonds. The molecule has 2 aromatic carbocycles. The van der Waals surface area contributed by atoms with E-state index in [-0.39, 0.29) is 5.41 Å². The van der Waals surface area contributed by atoms with Gasteiger partial charge in [0.1, 0.15) is 5.75 Å². The minimum absolute atomic E-state index is 0.00615. The topological polar surface area (TPSA) is 29.5 Å². The molecule has 2 aromatic rings. The van der Waals surface area contributed by atoms with Crippen LogP contribution in [-0.4, -0.2) is 4.89 Å². The van der Waals surface area contributed by atoms with Crippen LogP contribution in [0.1, 0.15) is 26.3 Å². The Balaban J connectivity index is 2.28. The molecule has 0 aliphatic carbocycles. The van der Waals surface area contributed by atoms with E-state index >= 15 is 0 Å². The van der Waals surface area contributed by atoms with Gasteiger partial charge in [-0.1, -0.05) is 57.2 Å². The highest BCUT2D eigenvalue weighted by atomic mass is 31.2. The lowest BCUT2D eigenvalue weighted by atomic mass is 9.84. The summed E-state index contributed by atoms with van der Waals surface area (Å²) in [6, 6.07) is 14.1. The summed E-state index contributed by atoms with van der Waals surface area (Å²) >= 11 is 0. The largest absolute Gasteiger partial charge is 0.443 e. The Hall–Kier alpha value is -1.37. The van der Waals surface area contributed by atoms with Gasteiger partial charge in [-0.15, -0.1) is 0 Å². The minimum Gasteiger partial charge on any atom is -0.443 e. The van der Waals surface area contributed by atoms with Gasteiger partial charge in [0, 0.05) is 11.1 Å². The quantitative estimate of drug-likeness (QED) is 0.735. The van der Waals surface area contributed by atoms with Crippen LogP contribution in [0.2, 0.25) is 0 Å². The standard InChI is InChI=1S/C16H17O2P/c1-16(2,3)13-9-6-8-12-11-7-4-5-10-14(11)19(17)18-15(12)13/h4-10,17H,1-3H3. The highest BCUT2D eigenvalue weighted by molar-refractivity contribution is 7.56. The molecule has 1 unspecified atom stereocenters. The molecule has 1 aliphatic rings. The van der Waals surface area contributed by atoms with Crippen LogP contribution in [0.4, 0.5) is 0 Å². The van der Waals surface area contributed by atoms with Gasteiger partial charge in [-0.05, 0) is 17.0 Å². The second kappa shape index (κ2) is 4.33. The maximum Gasteiger partial charge on any atom is 0.262 e. The Kier molecular flexibility index (Phi) is 2.88. The van der Waals surface area contributed by atoms with Gasteiger partial charge in [-0.2, -0.15) is 0 Å². The molecule has 0 fully saturated rings. The molecule has 1 aliphatic heterocycles. The van der Waals surface area contributed by atoms with Gasteiger partial charge in [0.25, 0.3) is 8.38 Å².